The Bertz CT molecular complexity index is 1120. The van der Waals surface area contributed by atoms with Crippen molar-refractivity contribution in [3.05, 3.63) is 90.3 Å². The molecule has 0 N–H and O–H groups in total. The number of piperidine rings is 1. The van der Waals surface area contributed by atoms with Crippen molar-refractivity contribution < 1.29 is 9.59 Å². The highest BCUT2D eigenvalue weighted by Gasteiger charge is 2.31. The Kier molecular flexibility index (Phi) is 7.47. The lowest BCUT2D eigenvalue weighted by Crippen LogP contribution is -2.44. The minimum atomic E-state index is -0.129. The molecule has 4 rings (SSSR count). The Balaban J connectivity index is 1.38. The Morgan fingerprint density at radius 2 is 1.73 bits per heavy atom. The maximum atomic E-state index is 13.3. The highest BCUT2D eigenvalue weighted by Crippen LogP contribution is 2.30. The van der Waals surface area contributed by atoms with Crippen molar-refractivity contribution in [2.24, 2.45) is 5.92 Å². The predicted octanol–water partition coefficient (Wildman–Crippen LogP) is 5.28. The van der Waals surface area contributed by atoms with Crippen LogP contribution in [0.5, 0.6) is 0 Å². The summed E-state index contributed by atoms with van der Waals surface area (Å²) in [6, 6.07) is 19.7. The van der Waals surface area contributed by atoms with Crippen molar-refractivity contribution in [1.82, 2.24) is 9.88 Å². The molecule has 2 heterocycles. The fraction of sp³-hybridized carbons (Fsp3) is 0.222. The molecule has 6 heteroatoms. The molecule has 1 aliphatic rings. The normalized spacial score (nSPS) is 14.4. The summed E-state index contributed by atoms with van der Waals surface area (Å²) in [7, 11) is 0. The van der Waals surface area contributed by atoms with E-state index in [1.807, 2.05) is 77.0 Å². The molecule has 0 saturated carbocycles. The second kappa shape index (κ2) is 10.9. The smallest absolute Gasteiger partial charge is 0.246 e. The molecule has 2 amide bonds. The van der Waals surface area contributed by atoms with Gasteiger partial charge in [0.1, 0.15) is 0 Å². The fourth-order valence-electron chi connectivity index (χ4n) is 3.93. The molecule has 33 heavy (non-hydrogen) atoms. The van der Waals surface area contributed by atoms with Crippen LogP contribution in [-0.2, 0) is 9.59 Å². The van der Waals surface area contributed by atoms with E-state index in [2.05, 4.69) is 6.58 Å². The van der Waals surface area contributed by atoms with Crippen molar-refractivity contribution >= 4 is 34.4 Å². The van der Waals surface area contributed by atoms with Gasteiger partial charge in [0.2, 0.25) is 11.8 Å². The summed E-state index contributed by atoms with van der Waals surface area (Å²) in [5.74, 6) is -0.0907. The lowest BCUT2D eigenvalue weighted by molar-refractivity contribution is -0.130. The first kappa shape index (κ1) is 22.7. The van der Waals surface area contributed by atoms with E-state index in [9.17, 15) is 9.59 Å². The number of hydrogen-bond acceptors (Lipinski definition) is 4. The third kappa shape index (κ3) is 5.65. The Hall–Kier alpha value is -3.51. The largest absolute Gasteiger partial charge is 0.339 e. The van der Waals surface area contributed by atoms with Crippen LogP contribution in [0.25, 0.3) is 17.3 Å². The molecule has 0 atom stereocenters. The van der Waals surface area contributed by atoms with E-state index < -0.39 is 0 Å². The first-order valence-electron chi connectivity index (χ1n) is 11.1. The van der Waals surface area contributed by atoms with Crippen LogP contribution < -0.4 is 4.90 Å². The fourth-order valence-corrected chi connectivity index (χ4v) is 4.77. The Morgan fingerprint density at radius 3 is 2.39 bits per heavy atom. The average molecular weight is 458 g/mol. The van der Waals surface area contributed by atoms with Gasteiger partial charge in [-0.15, -0.1) is 17.9 Å². The quantitative estimate of drug-likeness (QED) is 0.358. The molecule has 0 radical (unpaired) electrons. The van der Waals surface area contributed by atoms with Crippen LogP contribution in [0.1, 0.15) is 18.4 Å². The van der Waals surface area contributed by atoms with Crippen molar-refractivity contribution in [3.8, 4) is 11.3 Å². The summed E-state index contributed by atoms with van der Waals surface area (Å²) < 4.78 is 0. The zero-order valence-electron chi connectivity index (χ0n) is 18.5. The van der Waals surface area contributed by atoms with Gasteiger partial charge in [0.25, 0.3) is 0 Å². The maximum Gasteiger partial charge on any atom is 0.246 e. The lowest BCUT2D eigenvalue weighted by atomic mass is 9.95. The van der Waals surface area contributed by atoms with E-state index in [1.165, 1.54) is 11.3 Å². The van der Waals surface area contributed by atoms with Crippen LogP contribution in [0.3, 0.4) is 0 Å². The number of aromatic nitrogens is 1. The van der Waals surface area contributed by atoms with Crippen molar-refractivity contribution in [1.29, 1.82) is 0 Å². The zero-order chi connectivity index (χ0) is 23.0. The standard InChI is InChI=1S/C27H27N3O2S/c1-2-17-30(27-28-24(20-33-27)22-11-7-4-8-12-22)26(32)23-15-18-29(19-16-23)25(31)14-13-21-9-5-3-6-10-21/h2-14,20,23H,1,15-19H2. The topological polar surface area (TPSA) is 53.5 Å². The molecule has 3 aromatic rings. The summed E-state index contributed by atoms with van der Waals surface area (Å²) in [6.45, 7) is 5.38. The number of carbonyl (C=O) groups excluding carboxylic acids is 2. The van der Waals surface area contributed by atoms with E-state index in [0.717, 1.165) is 16.8 Å². The van der Waals surface area contributed by atoms with Gasteiger partial charge in [-0.1, -0.05) is 66.7 Å². The Labute approximate surface area is 198 Å². The maximum absolute atomic E-state index is 13.3. The van der Waals surface area contributed by atoms with Crippen molar-refractivity contribution in [2.45, 2.75) is 12.8 Å². The molecule has 2 aromatic carbocycles. The van der Waals surface area contributed by atoms with Crippen LogP contribution in [0.2, 0.25) is 0 Å². The first-order valence-corrected chi connectivity index (χ1v) is 12.0. The number of rotatable bonds is 7. The third-order valence-corrected chi connectivity index (χ3v) is 6.61. The highest BCUT2D eigenvalue weighted by atomic mass is 32.1. The third-order valence-electron chi connectivity index (χ3n) is 5.74. The molecule has 168 valence electrons. The molecule has 0 spiro atoms. The SMILES string of the molecule is C=CCN(C(=O)C1CCN(C(=O)C=Cc2ccccc2)CC1)c1nc(-c2ccccc2)cs1. The number of likely N-dealkylation sites (tertiary alicyclic amines) is 1. The Morgan fingerprint density at radius 1 is 1.06 bits per heavy atom. The highest BCUT2D eigenvalue weighted by molar-refractivity contribution is 7.14. The van der Waals surface area contributed by atoms with Gasteiger partial charge in [-0.05, 0) is 24.5 Å². The van der Waals surface area contributed by atoms with Crippen LogP contribution in [-0.4, -0.2) is 41.3 Å². The van der Waals surface area contributed by atoms with E-state index in [4.69, 9.17) is 4.98 Å². The number of amides is 2. The molecule has 1 fully saturated rings. The summed E-state index contributed by atoms with van der Waals surface area (Å²) in [5.41, 5.74) is 2.89. The molecular formula is C27H27N3O2S. The van der Waals surface area contributed by atoms with Crippen molar-refractivity contribution in [3.63, 3.8) is 0 Å². The molecule has 5 nitrogen and oxygen atoms in total. The molecule has 0 unspecified atom stereocenters. The number of carbonyl (C=O) groups is 2. The second-order valence-corrected chi connectivity index (χ2v) is 8.80. The zero-order valence-corrected chi connectivity index (χ0v) is 19.3. The molecular weight excluding hydrogens is 430 g/mol. The van der Waals surface area contributed by atoms with Gasteiger partial charge in [0.05, 0.1) is 5.69 Å². The minimum Gasteiger partial charge on any atom is -0.339 e. The van der Waals surface area contributed by atoms with Crippen LogP contribution in [0, 0.1) is 5.92 Å². The summed E-state index contributed by atoms with van der Waals surface area (Å²) in [5, 5.41) is 2.66. The predicted molar refractivity (Wildman–Crippen MR) is 135 cm³/mol. The van der Waals surface area contributed by atoms with Crippen LogP contribution in [0.4, 0.5) is 5.13 Å². The van der Waals surface area contributed by atoms with Gasteiger partial charge in [0, 0.05) is 42.6 Å². The molecule has 1 aliphatic heterocycles. The number of thiazole rings is 1. The first-order chi connectivity index (χ1) is 16.2. The number of hydrogen-bond donors (Lipinski definition) is 0. The van der Waals surface area contributed by atoms with Gasteiger partial charge in [-0.25, -0.2) is 4.98 Å². The summed E-state index contributed by atoms with van der Waals surface area (Å²) >= 11 is 1.47. The van der Waals surface area contributed by atoms with Crippen LogP contribution in [0.15, 0.2) is 84.8 Å². The van der Waals surface area contributed by atoms with E-state index in [1.54, 1.807) is 17.1 Å². The monoisotopic (exact) mass is 457 g/mol. The van der Waals surface area contributed by atoms with Crippen LogP contribution >= 0.6 is 11.3 Å². The van der Waals surface area contributed by atoms with Gasteiger partial charge < -0.3 is 4.90 Å². The molecule has 1 saturated heterocycles. The average Bonchev–Trinajstić information content (AvgIpc) is 3.37. The number of anilines is 1. The molecule has 0 aliphatic carbocycles. The second-order valence-electron chi connectivity index (χ2n) is 7.96. The summed E-state index contributed by atoms with van der Waals surface area (Å²) in [4.78, 5) is 34.2. The van der Waals surface area contributed by atoms with E-state index in [0.29, 0.717) is 37.6 Å². The van der Waals surface area contributed by atoms with E-state index >= 15 is 0 Å². The molecule has 1 aromatic heterocycles. The number of benzene rings is 2. The number of nitrogens with zero attached hydrogens (tertiary/aromatic N) is 3. The van der Waals surface area contributed by atoms with Gasteiger partial charge >= 0.3 is 0 Å². The molecule has 0 bridgehead atoms. The summed E-state index contributed by atoms with van der Waals surface area (Å²) in [6.07, 6.45) is 6.47. The van der Waals surface area contributed by atoms with Gasteiger partial charge in [-0.2, -0.15) is 0 Å². The van der Waals surface area contributed by atoms with Gasteiger partial charge in [0.15, 0.2) is 5.13 Å². The van der Waals surface area contributed by atoms with E-state index in [-0.39, 0.29) is 17.7 Å². The lowest BCUT2D eigenvalue weighted by Gasteiger charge is -2.33. The minimum absolute atomic E-state index is 0.0138. The van der Waals surface area contributed by atoms with Gasteiger partial charge in [-0.3, -0.25) is 14.5 Å². The van der Waals surface area contributed by atoms with Crippen molar-refractivity contribution in [2.75, 3.05) is 24.5 Å².